The van der Waals surface area contributed by atoms with E-state index in [-0.39, 0.29) is 12.2 Å². The highest BCUT2D eigenvalue weighted by Crippen LogP contribution is 2.31. The van der Waals surface area contributed by atoms with Gasteiger partial charge in [-0.2, -0.15) is 0 Å². The average Bonchev–Trinajstić information content (AvgIpc) is 3.40. The molecule has 1 atom stereocenters. The number of aromatic nitrogens is 1. The first-order valence-corrected chi connectivity index (χ1v) is 9.14. The van der Waals surface area contributed by atoms with Crippen molar-refractivity contribution in [3.8, 4) is 10.8 Å². The molecule has 0 aliphatic carbocycles. The van der Waals surface area contributed by atoms with E-state index in [9.17, 15) is 19.7 Å². The lowest BCUT2D eigenvalue weighted by Crippen LogP contribution is -2.40. The van der Waals surface area contributed by atoms with Gasteiger partial charge in [-0.15, -0.1) is 11.3 Å². The van der Waals surface area contributed by atoms with Crippen LogP contribution in [0.25, 0.3) is 10.8 Å². The van der Waals surface area contributed by atoms with Crippen LogP contribution in [0.5, 0.6) is 0 Å². The second-order valence-electron chi connectivity index (χ2n) is 6.37. The molecule has 0 saturated carbocycles. The number of non-ortho nitro benzene ring substituents is 1. The van der Waals surface area contributed by atoms with Crippen LogP contribution in [0, 0.1) is 10.1 Å². The fourth-order valence-electron chi connectivity index (χ4n) is 3.01. The van der Waals surface area contributed by atoms with Crippen molar-refractivity contribution in [1.82, 2.24) is 15.2 Å². The number of hydrogen-bond donors (Lipinski definition) is 1. The second-order valence-corrected chi connectivity index (χ2v) is 7.32. The van der Waals surface area contributed by atoms with Gasteiger partial charge in [-0.1, -0.05) is 6.07 Å². The quantitative estimate of drug-likeness (QED) is 0.400. The number of benzene rings is 1. The number of hydrogen-bond acceptors (Lipinski definition) is 7. The average molecular weight is 398 g/mol. The minimum atomic E-state index is -1.31. The van der Waals surface area contributed by atoms with Gasteiger partial charge in [-0.05, 0) is 36.1 Å². The van der Waals surface area contributed by atoms with E-state index in [0.717, 1.165) is 9.78 Å². The molecular formula is C18H14N4O5S. The number of amides is 3. The Hall–Kier alpha value is -3.53. The summed E-state index contributed by atoms with van der Waals surface area (Å²) < 4.78 is 5.43. The monoisotopic (exact) mass is 398 g/mol. The molecule has 2 aromatic heterocycles. The van der Waals surface area contributed by atoms with E-state index in [0.29, 0.717) is 17.1 Å². The highest BCUT2D eigenvalue weighted by atomic mass is 32.1. The molecule has 0 bridgehead atoms. The maximum atomic E-state index is 12.9. The summed E-state index contributed by atoms with van der Waals surface area (Å²) in [5.41, 5.74) is -0.505. The van der Waals surface area contributed by atoms with Crippen molar-refractivity contribution in [1.29, 1.82) is 0 Å². The fourth-order valence-corrected chi connectivity index (χ4v) is 3.66. The Labute approximate surface area is 162 Å². The number of carbonyl (C=O) groups excluding carboxylic acids is 2. The Balaban J connectivity index is 1.56. The highest BCUT2D eigenvalue weighted by Gasteiger charge is 2.49. The van der Waals surface area contributed by atoms with Crippen LogP contribution in [0.2, 0.25) is 0 Å². The van der Waals surface area contributed by atoms with E-state index in [1.165, 1.54) is 41.9 Å². The maximum absolute atomic E-state index is 12.9. The molecular weight excluding hydrogens is 384 g/mol. The molecule has 3 amide bonds. The van der Waals surface area contributed by atoms with Gasteiger partial charge in [0.1, 0.15) is 11.8 Å². The van der Waals surface area contributed by atoms with Crippen LogP contribution < -0.4 is 5.32 Å². The van der Waals surface area contributed by atoms with Gasteiger partial charge in [-0.25, -0.2) is 9.78 Å². The number of nitrogens with one attached hydrogen (secondary N) is 1. The largest absolute Gasteiger partial charge is 0.443 e. The van der Waals surface area contributed by atoms with Crippen LogP contribution in [0.4, 0.5) is 10.5 Å². The Bertz CT molecular complexity index is 1060. The van der Waals surface area contributed by atoms with Gasteiger partial charge in [-0.3, -0.25) is 19.8 Å². The van der Waals surface area contributed by atoms with Crippen molar-refractivity contribution in [2.75, 3.05) is 0 Å². The van der Waals surface area contributed by atoms with Gasteiger partial charge in [0.15, 0.2) is 0 Å². The molecule has 1 aliphatic rings. The molecule has 1 saturated heterocycles. The van der Waals surface area contributed by atoms with E-state index in [4.69, 9.17) is 4.42 Å². The third-order valence-corrected chi connectivity index (χ3v) is 5.39. The first-order chi connectivity index (χ1) is 13.4. The number of imide groups is 1. The molecule has 1 unspecified atom stereocenters. The lowest BCUT2D eigenvalue weighted by atomic mass is 9.92. The Morgan fingerprint density at radius 2 is 2.04 bits per heavy atom. The van der Waals surface area contributed by atoms with E-state index in [1.807, 2.05) is 17.5 Å². The summed E-state index contributed by atoms with van der Waals surface area (Å²) in [4.78, 5) is 41.9. The number of thiophene rings is 1. The number of nitrogens with zero attached hydrogens (tertiary/aromatic N) is 3. The molecule has 4 rings (SSSR count). The lowest BCUT2D eigenvalue weighted by molar-refractivity contribution is -0.384. The van der Waals surface area contributed by atoms with Crippen LogP contribution in [-0.4, -0.2) is 26.7 Å². The van der Waals surface area contributed by atoms with Gasteiger partial charge in [0.25, 0.3) is 11.6 Å². The summed E-state index contributed by atoms with van der Waals surface area (Å²) in [5.74, 6) is -0.0396. The molecule has 10 heteroatoms. The number of urea groups is 1. The fraction of sp³-hybridized carbons (Fsp3) is 0.167. The van der Waals surface area contributed by atoms with Gasteiger partial charge >= 0.3 is 6.03 Å². The van der Waals surface area contributed by atoms with Gasteiger partial charge in [0.05, 0.1) is 22.0 Å². The SMILES string of the molecule is CC1(c2ccc([N+](=O)[O-])cc2)NC(=O)N(Cc2coc(-c3cccs3)n2)C1=O. The number of nitro groups is 1. The molecule has 28 heavy (non-hydrogen) atoms. The first-order valence-electron chi connectivity index (χ1n) is 8.26. The zero-order valence-electron chi connectivity index (χ0n) is 14.6. The number of nitro benzene ring substituents is 1. The number of rotatable bonds is 5. The molecule has 142 valence electrons. The van der Waals surface area contributed by atoms with Crippen LogP contribution >= 0.6 is 11.3 Å². The molecule has 9 nitrogen and oxygen atoms in total. The zero-order chi connectivity index (χ0) is 19.9. The third-order valence-electron chi connectivity index (χ3n) is 4.53. The molecule has 1 fully saturated rings. The third kappa shape index (κ3) is 2.93. The summed E-state index contributed by atoms with van der Waals surface area (Å²) in [5, 5.41) is 15.4. The molecule has 0 spiro atoms. The minimum absolute atomic E-state index is 0.0396. The predicted octanol–water partition coefficient (Wildman–Crippen LogP) is 3.28. The predicted molar refractivity (Wildman–Crippen MR) is 99.3 cm³/mol. The van der Waals surface area contributed by atoms with E-state index in [1.54, 1.807) is 6.92 Å². The number of oxazole rings is 1. The normalized spacial score (nSPS) is 19.1. The Kier molecular flexibility index (Phi) is 4.19. The van der Waals surface area contributed by atoms with Gasteiger partial charge < -0.3 is 9.73 Å². The summed E-state index contributed by atoms with van der Waals surface area (Å²) in [6, 6.07) is 8.69. The van der Waals surface area contributed by atoms with E-state index in [2.05, 4.69) is 10.3 Å². The highest BCUT2D eigenvalue weighted by molar-refractivity contribution is 7.13. The van der Waals surface area contributed by atoms with Crippen molar-refractivity contribution in [3.63, 3.8) is 0 Å². The van der Waals surface area contributed by atoms with Crippen LogP contribution in [0.15, 0.2) is 52.5 Å². The van der Waals surface area contributed by atoms with Crippen LogP contribution in [0.3, 0.4) is 0 Å². The minimum Gasteiger partial charge on any atom is -0.443 e. The molecule has 1 aliphatic heterocycles. The van der Waals surface area contributed by atoms with Crippen LogP contribution in [0.1, 0.15) is 18.2 Å². The summed E-state index contributed by atoms with van der Waals surface area (Å²) in [6.07, 6.45) is 1.41. The second kappa shape index (κ2) is 6.57. The van der Waals surface area contributed by atoms with Crippen molar-refractivity contribution in [2.45, 2.75) is 19.0 Å². The molecule has 0 radical (unpaired) electrons. The topological polar surface area (TPSA) is 119 Å². The lowest BCUT2D eigenvalue weighted by Gasteiger charge is -2.21. The van der Waals surface area contributed by atoms with Crippen molar-refractivity contribution >= 4 is 29.0 Å². The van der Waals surface area contributed by atoms with Crippen LogP contribution in [-0.2, 0) is 16.9 Å². The van der Waals surface area contributed by atoms with Gasteiger partial charge in [0.2, 0.25) is 5.89 Å². The van der Waals surface area contributed by atoms with Crippen molar-refractivity contribution in [3.05, 3.63) is 69.4 Å². The van der Waals surface area contributed by atoms with Gasteiger partial charge in [0, 0.05) is 12.1 Å². The smallest absolute Gasteiger partial charge is 0.325 e. The van der Waals surface area contributed by atoms with E-state index >= 15 is 0 Å². The maximum Gasteiger partial charge on any atom is 0.325 e. The van der Waals surface area contributed by atoms with Crippen molar-refractivity contribution < 1.29 is 18.9 Å². The standard InChI is InChI=1S/C18H14N4O5S/c1-18(11-4-6-13(7-5-11)22(25)26)16(23)21(17(24)20-18)9-12-10-27-15(19-12)14-3-2-8-28-14/h2-8,10H,9H2,1H3,(H,20,24). The molecule has 1 aromatic carbocycles. The summed E-state index contributed by atoms with van der Waals surface area (Å²) in [7, 11) is 0. The zero-order valence-corrected chi connectivity index (χ0v) is 15.4. The summed E-state index contributed by atoms with van der Waals surface area (Å²) in [6.45, 7) is 1.52. The first kappa shape index (κ1) is 17.9. The molecule has 1 N–H and O–H groups in total. The Morgan fingerprint density at radius 3 is 2.68 bits per heavy atom. The van der Waals surface area contributed by atoms with Crippen molar-refractivity contribution in [2.24, 2.45) is 0 Å². The molecule has 3 heterocycles. The molecule has 3 aromatic rings. The summed E-state index contributed by atoms with van der Waals surface area (Å²) >= 11 is 1.47. The Morgan fingerprint density at radius 1 is 1.29 bits per heavy atom. The number of carbonyl (C=O) groups is 2. The van der Waals surface area contributed by atoms with E-state index < -0.39 is 22.4 Å².